The predicted octanol–water partition coefficient (Wildman–Crippen LogP) is 5.41. The first-order valence-electron chi connectivity index (χ1n) is 13.8. The molecule has 0 saturated carbocycles. The van der Waals surface area contributed by atoms with E-state index in [1.54, 1.807) is 0 Å². The summed E-state index contributed by atoms with van der Waals surface area (Å²) < 4.78 is 6.18. The number of nitrogens with zero attached hydrogens (tertiary/aromatic N) is 3. The fraction of sp³-hybridized carbons (Fsp3) is 0.724. The van der Waals surface area contributed by atoms with E-state index in [1.807, 2.05) is 41.8 Å². The van der Waals surface area contributed by atoms with Gasteiger partial charge in [-0.3, -0.25) is 9.69 Å². The number of carbonyl (C=O) groups is 2. The molecule has 3 heterocycles. The maximum Gasteiger partial charge on any atom is 0.410 e. The second-order valence-corrected chi connectivity index (χ2v) is 11.5. The minimum absolute atomic E-state index is 0.105. The molecule has 0 aromatic heterocycles. The van der Waals surface area contributed by atoms with Gasteiger partial charge in [0.05, 0.1) is 6.04 Å². The van der Waals surface area contributed by atoms with Crippen molar-refractivity contribution in [1.82, 2.24) is 14.7 Å². The Labute approximate surface area is 212 Å². The highest BCUT2D eigenvalue weighted by Crippen LogP contribution is 2.42. The lowest BCUT2D eigenvalue weighted by Gasteiger charge is -2.46. The SMILES string of the molecule is CCCCC1N(CC(C)C)C(=O)OC12CCN(C1CCN(C(=O)c3c(C)cccc3C)CC1)CC2. The highest BCUT2D eigenvalue weighted by atomic mass is 16.6. The number of piperidine rings is 2. The molecule has 0 bridgehead atoms. The van der Waals surface area contributed by atoms with Gasteiger partial charge in [0.25, 0.3) is 5.91 Å². The third-order valence-electron chi connectivity index (χ3n) is 8.51. The maximum atomic E-state index is 13.2. The molecule has 1 atom stereocenters. The summed E-state index contributed by atoms with van der Waals surface area (Å²) >= 11 is 0. The first-order valence-corrected chi connectivity index (χ1v) is 13.8. The lowest BCUT2D eigenvalue weighted by Crippen LogP contribution is -2.56. The second kappa shape index (κ2) is 10.9. The van der Waals surface area contributed by atoms with Crippen LogP contribution in [0.25, 0.3) is 0 Å². The molecule has 3 saturated heterocycles. The number of hydrogen-bond acceptors (Lipinski definition) is 4. The zero-order valence-electron chi connectivity index (χ0n) is 22.5. The molecule has 35 heavy (non-hydrogen) atoms. The van der Waals surface area contributed by atoms with Crippen molar-refractivity contribution < 1.29 is 14.3 Å². The van der Waals surface area contributed by atoms with Crippen molar-refractivity contribution in [3.05, 3.63) is 34.9 Å². The average Bonchev–Trinajstić information content (AvgIpc) is 3.07. The van der Waals surface area contributed by atoms with Gasteiger partial charge >= 0.3 is 6.09 Å². The summed E-state index contributed by atoms with van der Waals surface area (Å²) in [6.07, 6.45) is 7.08. The molecule has 3 fully saturated rings. The minimum atomic E-state index is -0.323. The van der Waals surface area contributed by atoms with Gasteiger partial charge < -0.3 is 14.5 Å². The van der Waals surface area contributed by atoms with Crippen LogP contribution in [-0.2, 0) is 4.74 Å². The van der Waals surface area contributed by atoms with Crippen LogP contribution in [0, 0.1) is 19.8 Å². The lowest BCUT2D eigenvalue weighted by atomic mass is 9.80. The van der Waals surface area contributed by atoms with Crippen LogP contribution in [0.1, 0.15) is 87.2 Å². The minimum Gasteiger partial charge on any atom is -0.440 e. The van der Waals surface area contributed by atoms with Crippen LogP contribution in [0.5, 0.6) is 0 Å². The maximum absolute atomic E-state index is 13.2. The smallest absolute Gasteiger partial charge is 0.410 e. The molecule has 3 aliphatic heterocycles. The van der Waals surface area contributed by atoms with Crippen LogP contribution < -0.4 is 0 Å². The number of aryl methyl sites for hydroxylation is 2. The predicted molar refractivity (Wildman–Crippen MR) is 140 cm³/mol. The van der Waals surface area contributed by atoms with E-state index in [0.717, 1.165) is 94.4 Å². The Bertz CT molecular complexity index is 878. The van der Waals surface area contributed by atoms with Crippen LogP contribution in [0.15, 0.2) is 18.2 Å². The Morgan fingerprint density at radius 1 is 1.09 bits per heavy atom. The first kappa shape index (κ1) is 26.0. The van der Waals surface area contributed by atoms with Crippen LogP contribution in [0.2, 0.25) is 0 Å². The quantitative estimate of drug-likeness (QED) is 0.520. The van der Waals surface area contributed by atoms with Crippen LogP contribution in [0.4, 0.5) is 4.79 Å². The van der Waals surface area contributed by atoms with Gasteiger partial charge in [-0.15, -0.1) is 0 Å². The molecule has 1 unspecified atom stereocenters. The number of amides is 2. The molecule has 6 heteroatoms. The van der Waals surface area contributed by atoms with Gasteiger partial charge in [0.1, 0.15) is 5.60 Å². The van der Waals surface area contributed by atoms with Crippen molar-refractivity contribution in [2.75, 3.05) is 32.7 Å². The van der Waals surface area contributed by atoms with E-state index in [2.05, 4.69) is 25.7 Å². The van der Waals surface area contributed by atoms with Crippen molar-refractivity contribution in [3.8, 4) is 0 Å². The van der Waals surface area contributed by atoms with E-state index in [4.69, 9.17) is 4.74 Å². The number of benzene rings is 1. The molecular weight excluding hydrogens is 438 g/mol. The number of unbranched alkanes of at least 4 members (excludes halogenated alkanes) is 1. The van der Waals surface area contributed by atoms with Gasteiger partial charge in [-0.25, -0.2) is 4.79 Å². The van der Waals surface area contributed by atoms with Crippen molar-refractivity contribution in [2.24, 2.45) is 5.92 Å². The average molecular weight is 484 g/mol. The van der Waals surface area contributed by atoms with Crippen molar-refractivity contribution >= 4 is 12.0 Å². The molecule has 4 rings (SSSR count). The summed E-state index contributed by atoms with van der Waals surface area (Å²) in [5.74, 6) is 0.622. The molecule has 1 aromatic rings. The second-order valence-electron chi connectivity index (χ2n) is 11.5. The monoisotopic (exact) mass is 483 g/mol. The molecule has 3 aliphatic rings. The van der Waals surface area contributed by atoms with Gasteiger partial charge in [0.15, 0.2) is 0 Å². The van der Waals surface area contributed by atoms with Crippen LogP contribution in [0.3, 0.4) is 0 Å². The van der Waals surface area contributed by atoms with E-state index in [-0.39, 0.29) is 23.6 Å². The van der Waals surface area contributed by atoms with Gasteiger partial charge in [0, 0.05) is 57.2 Å². The summed E-state index contributed by atoms with van der Waals surface area (Å²) in [6.45, 7) is 15.0. The van der Waals surface area contributed by atoms with Gasteiger partial charge in [-0.2, -0.15) is 0 Å². The molecule has 1 aromatic carbocycles. The fourth-order valence-electron chi connectivity index (χ4n) is 6.57. The third kappa shape index (κ3) is 5.37. The molecule has 0 radical (unpaired) electrons. The zero-order chi connectivity index (χ0) is 25.2. The normalized spacial score (nSPS) is 23.4. The molecule has 1 spiro atoms. The summed E-state index contributed by atoms with van der Waals surface area (Å²) in [5, 5.41) is 0. The standard InChI is InChI=1S/C29H45N3O3/c1-6-7-11-25-29(35-28(34)32(25)20-21(2)3)14-18-30(19-15-29)24-12-16-31(17-13-24)27(33)26-22(4)9-8-10-23(26)5/h8-10,21,24-25H,6-7,11-20H2,1-5H3. The van der Waals surface area contributed by atoms with E-state index < -0.39 is 0 Å². The highest BCUT2D eigenvalue weighted by Gasteiger charge is 2.54. The van der Waals surface area contributed by atoms with E-state index in [9.17, 15) is 9.59 Å². The molecule has 2 amide bonds. The zero-order valence-corrected chi connectivity index (χ0v) is 22.5. The summed E-state index contributed by atoms with van der Waals surface area (Å²) in [6, 6.07) is 6.79. The molecule has 194 valence electrons. The lowest BCUT2D eigenvalue weighted by molar-refractivity contribution is -0.0383. The largest absolute Gasteiger partial charge is 0.440 e. The van der Waals surface area contributed by atoms with Crippen molar-refractivity contribution in [1.29, 1.82) is 0 Å². The van der Waals surface area contributed by atoms with E-state index >= 15 is 0 Å². The van der Waals surface area contributed by atoms with Gasteiger partial charge in [0.2, 0.25) is 0 Å². The molecule has 0 N–H and O–H groups in total. The molecular formula is C29H45N3O3. The first-order chi connectivity index (χ1) is 16.8. The fourth-order valence-corrected chi connectivity index (χ4v) is 6.57. The van der Waals surface area contributed by atoms with Gasteiger partial charge in [-0.1, -0.05) is 51.8 Å². The Balaban J connectivity index is 1.35. The third-order valence-corrected chi connectivity index (χ3v) is 8.51. The number of ether oxygens (including phenoxy) is 1. The van der Waals surface area contributed by atoms with Gasteiger partial charge in [-0.05, 0) is 50.2 Å². The Kier molecular flexibility index (Phi) is 8.09. The van der Waals surface area contributed by atoms with Crippen molar-refractivity contribution in [2.45, 2.75) is 97.2 Å². The Morgan fingerprint density at radius 3 is 2.29 bits per heavy atom. The number of carbonyl (C=O) groups excluding carboxylic acids is 2. The Morgan fingerprint density at radius 2 is 1.71 bits per heavy atom. The summed E-state index contributed by atoms with van der Waals surface area (Å²) in [5.41, 5.74) is 2.68. The summed E-state index contributed by atoms with van der Waals surface area (Å²) in [4.78, 5) is 32.7. The van der Waals surface area contributed by atoms with Crippen LogP contribution in [-0.4, -0.2) is 77.1 Å². The van der Waals surface area contributed by atoms with E-state index in [1.165, 1.54) is 0 Å². The summed E-state index contributed by atoms with van der Waals surface area (Å²) in [7, 11) is 0. The number of hydrogen-bond donors (Lipinski definition) is 0. The van der Waals surface area contributed by atoms with Crippen LogP contribution >= 0.6 is 0 Å². The highest BCUT2D eigenvalue weighted by molar-refractivity contribution is 5.97. The number of rotatable bonds is 7. The topological polar surface area (TPSA) is 53.1 Å². The molecule has 6 nitrogen and oxygen atoms in total. The number of likely N-dealkylation sites (tertiary alicyclic amines) is 2. The van der Waals surface area contributed by atoms with E-state index in [0.29, 0.717) is 12.0 Å². The molecule has 0 aliphatic carbocycles. The Hall–Kier alpha value is -2.08. The van der Waals surface area contributed by atoms with Crippen molar-refractivity contribution in [3.63, 3.8) is 0 Å².